The smallest absolute Gasteiger partial charge is 0.344 e. The molecule has 0 aromatic heterocycles. The Balaban J connectivity index is 2.23. The molecule has 0 fully saturated rings. The Labute approximate surface area is 162 Å². The highest BCUT2D eigenvalue weighted by Crippen LogP contribution is 2.37. The van der Waals surface area contributed by atoms with Crippen molar-refractivity contribution in [3.8, 4) is 22.6 Å². The first-order valence-electron chi connectivity index (χ1n) is 9.88. The van der Waals surface area contributed by atoms with Gasteiger partial charge in [0, 0.05) is 11.1 Å². The van der Waals surface area contributed by atoms with Crippen molar-refractivity contribution in [2.45, 2.75) is 58.5 Å². The van der Waals surface area contributed by atoms with Gasteiger partial charge < -0.3 is 14.6 Å². The molecule has 0 aliphatic heterocycles. The lowest BCUT2D eigenvalue weighted by atomic mass is 10.0. The highest BCUT2D eigenvalue weighted by Gasteiger charge is 2.21. The zero-order chi connectivity index (χ0) is 19.5. The third kappa shape index (κ3) is 6.31. The van der Waals surface area contributed by atoms with Crippen LogP contribution in [0.2, 0.25) is 0 Å². The first-order chi connectivity index (χ1) is 13.2. The second-order valence-electron chi connectivity index (χ2n) is 6.63. The van der Waals surface area contributed by atoms with Crippen LogP contribution in [0.5, 0.6) is 11.5 Å². The van der Waals surface area contributed by atoms with Crippen LogP contribution in [-0.4, -0.2) is 23.8 Å². The molecule has 4 nitrogen and oxygen atoms in total. The first kappa shape index (κ1) is 20.8. The Morgan fingerprint density at radius 3 is 2.15 bits per heavy atom. The lowest BCUT2D eigenvalue weighted by Gasteiger charge is -2.19. The van der Waals surface area contributed by atoms with E-state index in [2.05, 4.69) is 13.8 Å². The predicted molar refractivity (Wildman–Crippen MR) is 108 cm³/mol. The van der Waals surface area contributed by atoms with Gasteiger partial charge in [-0.1, -0.05) is 69.5 Å². The summed E-state index contributed by atoms with van der Waals surface area (Å²) in [7, 11) is 0. The van der Waals surface area contributed by atoms with Gasteiger partial charge in [-0.05, 0) is 31.4 Å². The van der Waals surface area contributed by atoms with Crippen molar-refractivity contribution < 1.29 is 19.4 Å². The van der Waals surface area contributed by atoms with Gasteiger partial charge in [-0.2, -0.15) is 0 Å². The van der Waals surface area contributed by atoms with Gasteiger partial charge in [0.05, 0.1) is 6.61 Å². The number of rotatable bonds is 12. The Kier molecular flexibility index (Phi) is 8.69. The lowest BCUT2D eigenvalue weighted by Crippen LogP contribution is -2.27. The first-order valence-corrected chi connectivity index (χ1v) is 9.88. The summed E-state index contributed by atoms with van der Waals surface area (Å²) in [5.41, 5.74) is 1.76. The summed E-state index contributed by atoms with van der Waals surface area (Å²) in [5, 5.41) is 9.57. The average Bonchev–Trinajstić information content (AvgIpc) is 2.69. The fourth-order valence-electron chi connectivity index (χ4n) is 2.96. The van der Waals surface area contributed by atoms with E-state index in [-0.39, 0.29) is 0 Å². The quantitative estimate of drug-likeness (QED) is 0.469. The minimum atomic E-state index is -0.920. The Morgan fingerprint density at radius 1 is 0.889 bits per heavy atom. The number of carbonyl (C=O) groups is 1. The van der Waals surface area contributed by atoms with Gasteiger partial charge in [0.25, 0.3) is 0 Å². The number of unbranched alkanes of at least 4 members (excludes halogenated alkanes) is 3. The topological polar surface area (TPSA) is 55.8 Å². The maximum absolute atomic E-state index is 11.7. The van der Waals surface area contributed by atoms with Crippen LogP contribution in [0.3, 0.4) is 0 Å². The van der Waals surface area contributed by atoms with Gasteiger partial charge in [0.2, 0.25) is 0 Å². The standard InChI is InChI=1S/C23H30O4/c1-3-5-6-7-16-22(23(24)25)27-21-15-11-9-13-19(21)18-12-8-10-14-20(18)26-17-4-2/h8-15,22H,3-7,16-17H2,1-2H3,(H,24,25). The van der Waals surface area contributed by atoms with Crippen LogP contribution >= 0.6 is 0 Å². The molecule has 2 aromatic carbocycles. The van der Waals surface area contributed by atoms with Crippen molar-refractivity contribution in [3.05, 3.63) is 48.5 Å². The summed E-state index contributed by atoms with van der Waals surface area (Å²) >= 11 is 0. The molecule has 0 spiro atoms. The van der Waals surface area contributed by atoms with Crippen LogP contribution in [0, 0.1) is 0 Å². The van der Waals surface area contributed by atoms with Crippen molar-refractivity contribution in [2.24, 2.45) is 0 Å². The van der Waals surface area contributed by atoms with Crippen LogP contribution in [-0.2, 0) is 4.79 Å². The third-order valence-corrected chi connectivity index (χ3v) is 4.39. The molecule has 146 valence electrons. The predicted octanol–water partition coefficient (Wildman–Crippen LogP) is 5.94. The number of hydrogen-bond acceptors (Lipinski definition) is 3. The molecular formula is C23H30O4. The summed E-state index contributed by atoms with van der Waals surface area (Å²) in [6, 6.07) is 15.4. The average molecular weight is 370 g/mol. The molecular weight excluding hydrogens is 340 g/mol. The molecule has 0 aliphatic carbocycles. The van der Waals surface area contributed by atoms with Gasteiger partial charge in [-0.25, -0.2) is 4.79 Å². The van der Waals surface area contributed by atoms with Crippen LogP contribution in [0.15, 0.2) is 48.5 Å². The van der Waals surface area contributed by atoms with Crippen LogP contribution in [0.1, 0.15) is 52.4 Å². The molecule has 4 heteroatoms. The van der Waals surface area contributed by atoms with E-state index in [0.717, 1.165) is 49.0 Å². The van der Waals surface area contributed by atoms with E-state index in [9.17, 15) is 9.90 Å². The van der Waals surface area contributed by atoms with E-state index >= 15 is 0 Å². The number of carboxylic acids is 1. The Bertz CT molecular complexity index is 711. The molecule has 0 bridgehead atoms. The highest BCUT2D eigenvalue weighted by atomic mass is 16.5. The molecule has 1 atom stereocenters. The minimum Gasteiger partial charge on any atom is -0.493 e. The van der Waals surface area contributed by atoms with Gasteiger partial charge in [0.15, 0.2) is 6.10 Å². The van der Waals surface area contributed by atoms with Gasteiger partial charge >= 0.3 is 5.97 Å². The minimum absolute atomic E-state index is 0.512. The summed E-state index contributed by atoms with van der Waals surface area (Å²) in [4.78, 5) is 11.7. The van der Waals surface area contributed by atoms with Gasteiger partial charge in [-0.15, -0.1) is 0 Å². The summed E-state index contributed by atoms with van der Waals surface area (Å²) in [6.07, 6.45) is 4.71. The lowest BCUT2D eigenvalue weighted by molar-refractivity contribution is -0.145. The zero-order valence-corrected chi connectivity index (χ0v) is 16.3. The molecule has 2 aromatic rings. The summed E-state index contributed by atoms with van der Waals surface area (Å²) in [5.74, 6) is 0.440. The maximum atomic E-state index is 11.7. The zero-order valence-electron chi connectivity index (χ0n) is 16.3. The molecule has 0 heterocycles. The van der Waals surface area contributed by atoms with Gasteiger partial charge in [-0.3, -0.25) is 0 Å². The number of ether oxygens (including phenoxy) is 2. The number of benzene rings is 2. The SMILES string of the molecule is CCCCCCC(Oc1ccccc1-c1ccccc1OCCC)C(=O)O. The fraction of sp³-hybridized carbons (Fsp3) is 0.435. The molecule has 0 saturated heterocycles. The molecule has 1 unspecified atom stereocenters. The largest absolute Gasteiger partial charge is 0.493 e. The number of carboxylic acid groups (broad SMARTS) is 1. The number of para-hydroxylation sites is 2. The number of aliphatic carboxylic acids is 1. The van der Waals surface area contributed by atoms with E-state index in [0.29, 0.717) is 18.8 Å². The van der Waals surface area contributed by atoms with E-state index in [4.69, 9.17) is 9.47 Å². The molecule has 0 amide bonds. The van der Waals surface area contributed by atoms with Crippen molar-refractivity contribution in [1.82, 2.24) is 0 Å². The van der Waals surface area contributed by atoms with Crippen molar-refractivity contribution in [2.75, 3.05) is 6.61 Å². The van der Waals surface area contributed by atoms with Crippen LogP contribution < -0.4 is 9.47 Å². The normalized spacial score (nSPS) is 11.8. The fourth-order valence-corrected chi connectivity index (χ4v) is 2.96. The molecule has 27 heavy (non-hydrogen) atoms. The highest BCUT2D eigenvalue weighted by molar-refractivity contribution is 5.77. The number of hydrogen-bond donors (Lipinski definition) is 1. The van der Waals surface area contributed by atoms with Crippen LogP contribution in [0.4, 0.5) is 0 Å². The van der Waals surface area contributed by atoms with Gasteiger partial charge in [0.1, 0.15) is 11.5 Å². The molecule has 1 N–H and O–H groups in total. The molecule has 0 saturated carbocycles. The Hall–Kier alpha value is -2.49. The van der Waals surface area contributed by atoms with E-state index in [1.165, 1.54) is 0 Å². The summed E-state index contributed by atoms with van der Waals surface area (Å²) < 4.78 is 11.8. The van der Waals surface area contributed by atoms with Crippen molar-refractivity contribution in [1.29, 1.82) is 0 Å². The van der Waals surface area contributed by atoms with E-state index in [1.807, 2.05) is 48.5 Å². The van der Waals surface area contributed by atoms with Crippen molar-refractivity contribution >= 4 is 5.97 Å². The van der Waals surface area contributed by atoms with E-state index < -0.39 is 12.1 Å². The maximum Gasteiger partial charge on any atom is 0.344 e. The van der Waals surface area contributed by atoms with Crippen LogP contribution in [0.25, 0.3) is 11.1 Å². The molecule has 0 radical (unpaired) electrons. The molecule has 2 rings (SSSR count). The molecule has 0 aliphatic rings. The second kappa shape index (κ2) is 11.3. The Morgan fingerprint density at radius 2 is 1.52 bits per heavy atom. The monoisotopic (exact) mass is 370 g/mol. The summed E-state index contributed by atoms with van der Waals surface area (Å²) in [6.45, 7) is 4.84. The van der Waals surface area contributed by atoms with Crippen molar-refractivity contribution in [3.63, 3.8) is 0 Å². The second-order valence-corrected chi connectivity index (χ2v) is 6.63. The third-order valence-electron chi connectivity index (χ3n) is 4.39. The van der Waals surface area contributed by atoms with E-state index in [1.54, 1.807) is 0 Å².